The van der Waals surface area contributed by atoms with Crippen LogP contribution in [0.4, 0.5) is 8.78 Å². The zero-order chi connectivity index (χ0) is 10.6. The van der Waals surface area contributed by atoms with Gasteiger partial charge in [0.2, 0.25) is 5.91 Å². The van der Waals surface area contributed by atoms with Crippen molar-refractivity contribution in [3.05, 3.63) is 35.4 Å². The minimum atomic E-state index is -0.914. The molecule has 1 rings (SSSR count). The summed E-state index contributed by atoms with van der Waals surface area (Å²) in [5, 5.41) is 2.49. The fourth-order valence-electron chi connectivity index (χ4n) is 0.906. The molecule has 0 aromatic heterocycles. The third kappa shape index (κ3) is 2.99. The minimum Gasteiger partial charge on any atom is -0.351 e. The highest BCUT2D eigenvalue weighted by atomic mass is 32.1. The van der Waals surface area contributed by atoms with Crippen LogP contribution in [0, 0.1) is 11.6 Å². The van der Waals surface area contributed by atoms with Crippen molar-refractivity contribution >= 4 is 18.5 Å². The van der Waals surface area contributed by atoms with Crippen molar-refractivity contribution < 1.29 is 13.6 Å². The molecule has 0 heterocycles. The Labute approximate surface area is 85.7 Å². The molecule has 5 heteroatoms. The summed E-state index contributed by atoms with van der Waals surface area (Å²) < 4.78 is 25.2. The molecule has 0 radical (unpaired) electrons. The number of hydrogen-bond acceptors (Lipinski definition) is 2. The Hall–Kier alpha value is -1.10. The van der Waals surface area contributed by atoms with Crippen LogP contribution in [0.5, 0.6) is 0 Å². The van der Waals surface area contributed by atoms with Gasteiger partial charge in [-0.3, -0.25) is 4.79 Å². The van der Waals surface area contributed by atoms with Gasteiger partial charge in [-0.2, -0.15) is 12.6 Å². The van der Waals surface area contributed by atoms with E-state index in [1.807, 2.05) is 0 Å². The van der Waals surface area contributed by atoms with Gasteiger partial charge in [-0.15, -0.1) is 0 Å². The van der Waals surface area contributed by atoms with E-state index < -0.39 is 11.6 Å². The Balaban J connectivity index is 2.60. The maximum absolute atomic E-state index is 12.7. The molecular formula is C9H9F2NOS. The Morgan fingerprint density at radius 1 is 1.36 bits per heavy atom. The summed E-state index contributed by atoms with van der Waals surface area (Å²) in [4.78, 5) is 10.8. The van der Waals surface area contributed by atoms with Crippen LogP contribution in [-0.2, 0) is 11.3 Å². The lowest BCUT2D eigenvalue weighted by atomic mass is 10.2. The predicted octanol–water partition coefficient (Wildman–Crippen LogP) is 1.51. The normalized spacial score (nSPS) is 9.93. The summed E-state index contributed by atoms with van der Waals surface area (Å²) in [5.41, 5.74) is 0.513. The van der Waals surface area contributed by atoms with E-state index in [0.29, 0.717) is 5.56 Å². The van der Waals surface area contributed by atoms with Gasteiger partial charge in [0.15, 0.2) is 11.6 Å². The molecule has 0 unspecified atom stereocenters. The molecule has 0 bridgehead atoms. The third-order valence-electron chi connectivity index (χ3n) is 1.62. The van der Waals surface area contributed by atoms with Crippen molar-refractivity contribution in [2.75, 3.05) is 5.75 Å². The van der Waals surface area contributed by atoms with E-state index in [4.69, 9.17) is 0 Å². The van der Waals surface area contributed by atoms with E-state index in [0.717, 1.165) is 12.1 Å². The number of benzene rings is 1. The van der Waals surface area contributed by atoms with E-state index in [1.54, 1.807) is 0 Å². The third-order valence-corrected chi connectivity index (χ3v) is 1.90. The predicted molar refractivity (Wildman–Crippen MR) is 52.1 cm³/mol. The molecule has 0 atom stereocenters. The van der Waals surface area contributed by atoms with Crippen LogP contribution >= 0.6 is 12.6 Å². The molecule has 0 saturated heterocycles. The molecule has 1 aromatic carbocycles. The van der Waals surface area contributed by atoms with E-state index >= 15 is 0 Å². The van der Waals surface area contributed by atoms with Crippen LogP contribution in [0.3, 0.4) is 0 Å². The summed E-state index contributed by atoms with van der Waals surface area (Å²) >= 11 is 3.75. The molecule has 76 valence electrons. The second kappa shape index (κ2) is 4.95. The number of thiol groups is 1. The van der Waals surface area contributed by atoms with Crippen molar-refractivity contribution in [2.24, 2.45) is 0 Å². The highest BCUT2D eigenvalue weighted by Gasteiger charge is 2.03. The lowest BCUT2D eigenvalue weighted by Crippen LogP contribution is -2.23. The van der Waals surface area contributed by atoms with Gasteiger partial charge in [0.05, 0.1) is 5.75 Å². The molecule has 0 saturated carbocycles. The Bertz CT molecular complexity index is 344. The molecule has 1 amide bonds. The maximum Gasteiger partial charge on any atom is 0.229 e. The van der Waals surface area contributed by atoms with Crippen LogP contribution in [-0.4, -0.2) is 11.7 Å². The Morgan fingerprint density at radius 2 is 2.07 bits per heavy atom. The summed E-state index contributed by atoms with van der Waals surface area (Å²) in [7, 11) is 0. The second-order valence-electron chi connectivity index (χ2n) is 2.68. The zero-order valence-corrected chi connectivity index (χ0v) is 8.15. The average Bonchev–Trinajstić information content (AvgIpc) is 2.19. The molecule has 0 aliphatic heterocycles. The summed E-state index contributed by atoms with van der Waals surface area (Å²) in [5.74, 6) is -1.99. The monoisotopic (exact) mass is 217 g/mol. The van der Waals surface area contributed by atoms with Gasteiger partial charge < -0.3 is 5.32 Å². The van der Waals surface area contributed by atoms with Crippen molar-refractivity contribution in [1.29, 1.82) is 0 Å². The average molecular weight is 217 g/mol. The van der Waals surface area contributed by atoms with E-state index in [9.17, 15) is 13.6 Å². The highest BCUT2D eigenvalue weighted by Crippen LogP contribution is 2.08. The van der Waals surface area contributed by atoms with Gasteiger partial charge in [-0.05, 0) is 17.7 Å². The number of halogens is 2. The van der Waals surface area contributed by atoms with Crippen LogP contribution < -0.4 is 5.32 Å². The number of carbonyl (C=O) groups is 1. The van der Waals surface area contributed by atoms with Crippen molar-refractivity contribution in [3.8, 4) is 0 Å². The number of carbonyl (C=O) groups excluding carboxylic acids is 1. The standard InChI is InChI=1S/C9H9F2NOS/c10-7-2-1-6(3-8(7)11)4-12-9(13)5-14/h1-3,14H,4-5H2,(H,12,13). The molecule has 0 aliphatic carbocycles. The van der Waals surface area contributed by atoms with Crippen LogP contribution in [0.15, 0.2) is 18.2 Å². The summed E-state index contributed by atoms with van der Waals surface area (Å²) in [6, 6.07) is 3.49. The fourth-order valence-corrected chi connectivity index (χ4v) is 1.02. The van der Waals surface area contributed by atoms with Gasteiger partial charge in [0.25, 0.3) is 0 Å². The fraction of sp³-hybridized carbons (Fsp3) is 0.222. The molecule has 0 aliphatic rings. The lowest BCUT2D eigenvalue weighted by Gasteiger charge is -2.03. The van der Waals surface area contributed by atoms with Gasteiger partial charge in [0, 0.05) is 6.54 Å². The van der Waals surface area contributed by atoms with E-state index in [2.05, 4.69) is 17.9 Å². The molecule has 2 nitrogen and oxygen atoms in total. The van der Waals surface area contributed by atoms with Gasteiger partial charge in [-0.25, -0.2) is 8.78 Å². The Kier molecular flexibility index (Phi) is 3.88. The van der Waals surface area contributed by atoms with Crippen molar-refractivity contribution in [1.82, 2.24) is 5.32 Å². The SMILES string of the molecule is O=C(CS)NCc1ccc(F)c(F)c1. The lowest BCUT2D eigenvalue weighted by molar-refractivity contribution is -0.118. The number of hydrogen-bond donors (Lipinski definition) is 2. The Morgan fingerprint density at radius 3 is 2.64 bits per heavy atom. The smallest absolute Gasteiger partial charge is 0.229 e. The maximum atomic E-state index is 12.7. The molecule has 1 aromatic rings. The second-order valence-corrected chi connectivity index (χ2v) is 3.00. The van der Waals surface area contributed by atoms with Crippen molar-refractivity contribution in [3.63, 3.8) is 0 Å². The highest BCUT2D eigenvalue weighted by molar-refractivity contribution is 7.81. The first-order valence-electron chi connectivity index (χ1n) is 3.95. The number of nitrogens with one attached hydrogen (secondary N) is 1. The summed E-state index contributed by atoms with van der Waals surface area (Å²) in [6.45, 7) is 0.177. The summed E-state index contributed by atoms with van der Waals surface area (Å²) in [6.07, 6.45) is 0. The van der Waals surface area contributed by atoms with Gasteiger partial charge in [-0.1, -0.05) is 6.07 Å². The van der Waals surface area contributed by atoms with Crippen molar-refractivity contribution in [2.45, 2.75) is 6.54 Å². The zero-order valence-electron chi connectivity index (χ0n) is 7.26. The first-order valence-corrected chi connectivity index (χ1v) is 4.58. The number of rotatable bonds is 3. The molecular weight excluding hydrogens is 208 g/mol. The quantitative estimate of drug-likeness (QED) is 0.738. The first-order chi connectivity index (χ1) is 6.63. The van der Waals surface area contributed by atoms with Crippen LogP contribution in [0.1, 0.15) is 5.56 Å². The largest absolute Gasteiger partial charge is 0.351 e. The molecule has 0 spiro atoms. The van der Waals surface area contributed by atoms with Crippen LogP contribution in [0.2, 0.25) is 0 Å². The molecule has 0 fully saturated rings. The van der Waals surface area contributed by atoms with E-state index in [1.165, 1.54) is 6.07 Å². The first kappa shape index (κ1) is 11.0. The van der Waals surface area contributed by atoms with Gasteiger partial charge in [0.1, 0.15) is 0 Å². The molecule has 14 heavy (non-hydrogen) atoms. The van der Waals surface area contributed by atoms with Crippen LogP contribution in [0.25, 0.3) is 0 Å². The molecule has 1 N–H and O–H groups in total. The topological polar surface area (TPSA) is 29.1 Å². The minimum absolute atomic E-state index is 0.0731. The van der Waals surface area contributed by atoms with Gasteiger partial charge >= 0.3 is 0 Å². The van der Waals surface area contributed by atoms with E-state index in [-0.39, 0.29) is 18.2 Å². The number of amides is 1.